The molecule has 0 aromatic carbocycles. The average molecular weight is 332 g/mol. The molecular weight excluding hydrogens is 300 g/mol. The molecule has 2 aliphatic heterocycles. The maximum atomic E-state index is 12.9. The van der Waals surface area contributed by atoms with Crippen molar-refractivity contribution in [1.29, 1.82) is 0 Å². The lowest BCUT2D eigenvalue weighted by Gasteiger charge is -2.36. The Morgan fingerprint density at radius 2 is 1.71 bits per heavy atom. The van der Waals surface area contributed by atoms with Crippen molar-refractivity contribution in [2.45, 2.75) is 45.7 Å². The zero-order valence-electron chi connectivity index (χ0n) is 15.5. The Hall–Kier alpha value is -1.33. The monoisotopic (exact) mass is 332 g/mol. The molecule has 2 aliphatic rings. The summed E-state index contributed by atoms with van der Waals surface area (Å²) in [4.78, 5) is 19.8. The first-order chi connectivity index (χ1) is 11.5. The van der Waals surface area contributed by atoms with Crippen molar-refractivity contribution in [1.82, 2.24) is 19.3 Å². The molecule has 3 heterocycles. The Morgan fingerprint density at radius 1 is 1.04 bits per heavy atom. The van der Waals surface area contributed by atoms with E-state index in [0.29, 0.717) is 6.04 Å². The minimum absolute atomic E-state index is 0.186. The zero-order chi connectivity index (χ0) is 17.1. The van der Waals surface area contributed by atoms with Gasteiger partial charge in [0.15, 0.2) is 0 Å². The number of carbonyl (C=O) groups excluding carboxylic acids is 1. The van der Waals surface area contributed by atoms with Crippen molar-refractivity contribution >= 4 is 5.91 Å². The van der Waals surface area contributed by atoms with Gasteiger partial charge in [0.2, 0.25) is 0 Å². The van der Waals surface area contributed by atoms with E-state index < -0.39 is 0 Å². The molecule has 2 saturated heterocycles. The average Bonchev–Trinajstić information content (AvgIpc) is 2.95. The molecular formula is C19H32N4O. The summed E-state index contributed by atoms with van der Waals surface area (Å²) in [6.07, 6.45) is 6.10. The molecule has 3 rings (SSSR count). The third-order valence-electron chi connectivity index (χ3n) is 5.47. The quantitative estimate of drug-likeness (QED) is 0.847. The van der Waals surface area contributed by atoms with Gasteiger partial charge in [-0.3, -0.25) is 14.6 Å². The maximum Gasteiger partial charge on any atom is 0.270 e. The topological polar surface area (TPSA) is 31.7 Å². The molecule has 5 nitrogen and oxygen atoms in total. The summed E-state index contributed by atoms with van der Waals surface area (Å²) in [7, 11) is 2.00. The molecule has 5 heteroatoms. The van der Waals surface area contributed by atoms with Gasteiger partial charge < -0.3 is 9.47 Å². The Bertz CT molecular complexity index is 552. The minimum Gasteiger partial charge on any atom is -0.346 e. The van der Waals surface area contributed by atoms with Gasteiger partial charge in [0.1, 0.15) is 5.69 Å². The van der Waals surface area contributed by atoms with Crippen molar-refractivity contribution in [3.05, 3.63) is 23.5 Å². The molecule has 0 N–H and O–H groups in total. The van der Waals surface area contributed by atoms with Crippen molar-refractivity contribution in [3.8, 4) is 0 Å². The van der Waals surface area contributed by atoms with Crippen molar-refractivity contribution < 1.29 is 4.79 Å². The number of piperazine rings is 1. The number of aromatic nitrogens is 1. The van der Waals surface area contributed by atoms with Crippen molar-refractivity contribution in [2.24, 2.45) is 7.05 Å². The molecule has 0 spiro atoms. The fourth-order valence-electron chi connectivity index (χ4n) is 3.91. The number of rotatable bonds is 4. The van der Waals surface area contributed by atoms with Gasteiger partial charge >= 0.3 is 0 Å². The Labute approximate surface area is 146 Å². The van der Waals surface area contributed by atoms with Crippen LogP contribution < -0.4 is 0 Å². The first kappa shape index (κ1) is 17.5. The number of carbonyl (C=O) groups is 1. The fraction of sp³-hybridized carbons (Fsp3) is 0.737. The summed E-state index contributed by atoms with van der Waals surface area (Å²) in [5.41, 5.74) is 2.10. The highest BCUT2D eigenvalue weighted by Gasteiger charge is 2.25. The zero-order valence-corrected chi connectivity index (χ0v) is 15.5. The fourth-order valence-corrected chi connectivity index (χ4v) is 3.91. The third-order valence-corrected chi connectivity index (χ3v) is 5.47. The van der Waals surface area contributed by atoms with Crippen LogP contribution in [0, 0.1) is 0 Å². The van der Waals surface area contributed by atoms with E-state index in [4.69, 9.17) is 0 Å². The lowest BCUT2D eigenvalue weighted by atomic mass is 10.1. The van der Waals surface area contributed by atoms with E-state index in [-0.39, 0.29) is 5.91 Å². The SMILES string of the molecule is CC(C)N1CCN(C(=O)c2cc(CN3CCCCC3)cn2C)CC1. The van der Waals surface area contributed by atoms with Gasteiger partial charge in [0.05, 0.1) is 0 Å². The molecule has 1 amide bonds. The maximum absolute atomic E-state index is 12.9. The van der Waals surface area contributed by atoms with Crippen molar-refractivity contribution in [3.63, 3.8) is 0 Å². The summed E-state index contributed by atoms with van der Waals surface area (Å²) in [5, 5.41) is 0. The summed E-state index contributed by atoms with van der Waals surface area (Å²) < 4.78 is 2.01. The highest BCUT2D eigenvalue weighted by Crippen LogP contribution is 2.17. The molecule has 134 valence electrons. The van der Waals surface area contributed by atoms with E-state index in [0.717, 1.165) is 38.4 Å². The first-order valence-corrected chi connectivity index (χ1v) is 9.45. The standard InChI is InChI=1S/C19H32N4O/c1-16(2)22-9-11-23(12-10-22)19(24)18-13-17(14-20(18)3)15-21-7-5-4-6-8-21/h13-14,16H,4-12,15H2,1-3H3. The Balaban J connectivity index is 1.61. The van der Waals surface area contributed by atoms with Crippen LogP contribution in [0.2, 0.25) is 0 Å². The van der Waals surface area contributed by atoms with Crippen LogP contribution in [0.25, 0.3) is 0 Å². The van der Waals surface area contributed by atoms with Gasteiger partial charge in [-0.15, -0.1) is 0 Å². The third kappa shape index (κ3) is 4.01. The summed E-state index contributed by atoms with van der Waals surface area (Å²) in [5.74, 6) is 0.186. The number of aryl methyl sites for hydroxylation is 1. The van der Waals surface area contributed by atoms with Gasteiger partial charge in [0, 0.05) is 52.0 Å². The highest BCUT2D eigenvalue weighted by atomic mass is 16.2. The smallest absolute Gasteiger partial charge is 0.270 e. The lowest BCUT2D eigenvalue weighted by molar-refractivity contribution is 0.0586. The van der Waals surface area contributed by atoms with Gasteiger partial charge in [-0.05, 0) is 51.4 Å². The van der Waals surface area contributed by atoms with Crippen LogP contribution in [0.15, 0.2) is 12.3 Å². The molecule has 0 unspecified atom stereocenters. The Kier molecular flexibility index (Phi) is 5.61. The van der Waals surface area contributed by atoms with Crippen LogP contribution >= 0.6 is 0 Å². The molecule has 0 aliphatic carbocycles. The predicted molar refractivity (Wildman–Crippen MR) is 97.2 cm³/mol. The van der Waals surface area contributed by atoms with E-state index in [1.165, 1.54) is 37.9 Å². The van der Waals surface area contributed by atoms with Crippen LogP contribution in [0.4, 0.5) is 0 Å². The summed E-state index contributed by atoms with van der Waals surface area (Å²) >= 11 is 0. The number of hydrogen-bond donors (Lipinski definition) is 0. The summed E-state index contributed by atoms with van der Waals surface area (Å²) in [6, 6.07) is 2.67. The second-order valence-corrected chi connectivity index (χ2v) is 7.60. The van der Waals surface area contributed by atoms with Crippen LogP contribution in [-0.4, -0.2) is 70.5 Å². The van der Waals surface area contributed by atoms with Gasteiger partial charge in [-0.1, -0.05) is 6.42 Å². The molecule has 1 aromatic heterocycles. The first-order valence-electron chi connectivity index (χ1n) is 9.45. The molecule has 24 heavy (non-hydrogen) atoms. The molecule has 1 aromatic rings. The van der Waals surface area contributed by atoms with Gasteiger partial charge in [-0.2, -0.15) is 0 Å². The van der Waals surface area contributed by atoms with E-state index in [2.05, 4.69) is 35.9 Å². The lowest BCUT2D eigenvalue weighted by Crippen LogP contribution is -2.50. The second-order valence-electron chi connectivity index (χ2n) is 7.60. The highest BCUT2D eigenvalue weighted by molar-refractivity contribution is 5.93. The number of likely N-dealkylation sites (tertiary alicyclic amines) is 1. The van der Waals surface area contributed by atoms with Crippen LogP contribution in [0.3, 0.4) is 0 Å². The number of hydrogen-bond acceptors (Lipinski definition) is 3. The molecule has 0 atom stereocenters. The molecule has 0 radical (unpaired) electrons. The van der Waals surface area contributed by atoms with Crippen LogP contribution in [-0.2, 0) is 13.6 Å². The number of piperidine rings is 1. The predicted octanol–water partition coefficient (Wildman–Crippen LogP) is 2.18. The van der Waals surface area contributed by atoms with E-state index in [1.54, 1.807) is 0 Å². The van der Waals surface area contributed by atoms with Crippen molar-refractivity contribution in [2.75, 3.05) is 39.3 Å². The summed E-state index contributed by atoms with van der Waals surface area (Å²) in [6.45, 7) is 11.4. The van der Waals surface area contributed by atoms with Crippen LogP contribution in [0.5, 0.6) is 0 Å². The molecule has 2 fully saturated rings. The van der Waals surface area contributed by atoms with Gasteiger partial charge in [0.25, 0.3) is 5.91 Å². The minimum atomic E-state index is 0.186. The second kappa shape index (κ2) is 7.70. The number of nitrogens with zero attached hydrogens (tertiary/aromatic N) is 4. The Morgan fingerprint density at radius 3 is 2.33 bits per heavy atom. The number of amides is 1. The van der Waals surface area contributed by atoms with Gasteiger partial charge in [-0.25, -0.2) is 0 Å². The molecule has 0 bridgehead atoms. The van der Waals surface area contributed by atoms with E-state index >= 15 is 0 Å². The van der Waals surface area contributed by atoms with E-state index in [1.807, 2.05) is 16.5 Å². The largest absolute Gasteiger partial charge is 0.346 e. The van der Waals surface area contributed by atoms with Crippen LogP contribution in [0.1, 0.15) is 49.2 Å². The normalized spacial score (nSPS) is 20.8. The molecule has 0 saturated carbocycles. The van der Waals surface area contributed by atoms with E-state index in [9.17, 15) is 4.79 Å².